The molecular weight excluding hydrogens is 308 g/mol. The Kier molecular flexibility index (Phi) is 4.33. The molecule has 126 valence electrons. The number of rotatable bonds is 4. The molecule has 1 fully saturated rings. The van der Waals surface area contributed by atoms with Crippen molar-refractivity contribution < 1.29 is 14.7 Å². The van der Waals surface area contributed by atoms with E-state index in [0.29, 0.717) is 17.8 Å². The Hall–Kier alpha value is -2.70. The molecule has 1 aliphatic carbocycles. The van der Waals surface area contributed by atoms with E-state index in [0.717, 1.165) is 18.4 Å². The van der Waals surface area contributed by atoms with Gasteiger partial charge in [-0.3, -0.25) is 9.59 Å². The van der Waals surface area contributed by atoms with Crippen LogP contribution in [0.4, 0.5) is 5.69 Å². The highest BCUT2D eigenvalue weighted by molar-refractivity contribution is 6.35. The summed E-state index contributed by atoms with van der Waals surface area (Å²) in [6.07, 6.45) is 1.78. The Labute approximate surface area is 139 Å². The maximum absolute atomic E-state index is 11.8. The van der Waals surface area contributed by atoms with Gasteiger partial charge in [0, 0.05) is 18.0 Å². The first-order valence-electron chi connectivity index (χ1n) is 8.04. The highest BCUT2D eigenvalue weighted by Crippen LogP contribution is 2.39. The predicted molar refractivity (Wildman–Crippen MR) is 89.1 cm³/mol. The molecule has 1 saturated carbocycles. The van der Waals surface area contributed by atoms with E-state index in [1.807, 2.05) is 32.0 Å². The molecule has 0 aliphatic heterocycles. The van der Waals surface area contributed by atoms with Crippen LogP contribution in [-0.2, 0) is 16.1 Å². The number of amides is 2. The molecule has 2 N–H and O–H groups in total. The van der Waals surface area contributed by atoms with Crippen molar-refractivity contribution in [3.8, 4) is 5.88 Å². The van der Waals surface area contributed by atoms with Crippen LogP contribution in [0.5, 0.6) is 5.88 Å². The van der Waals surface area contributed by atoms with Gasteiger partial charge in [0.25, 0.3) is 0 Å². The maximum Gasteiger partial charge on any atom is 0.353 e. The molecule has 0 bridgehead atoms. The Balaban J connectivity index is 1.90. The van der Waals surface area contributed by atoms with E-state index >= 15 is 0 Å². The Morgan fingerprint density at radius 2 is 2.04 bits per heavy atom. The standard InChI is InChI=1S/C17H20N4O3/c1-10(2)9-21-13-6-4-3-5-12(13)14(17(21)24)19-20-16(23)15(22)18-11-7-8-11/h3-6,10-11,24H,7-9H2,1-2H3,(H,18,22). The molecule has 2 amide bonds. The molecule has 1 heterocycles. The summed E-state index contributed by atoms with van der Waals surface area (Å²) in [6.45, 7) is 4.69. The molecule has 1 aliphatic rings. The molecule has 7 nitrogen and oxygen atoms in total. The van der Waals surface area contributed by atoms with Crippen molar-refractivity contribution in [2.45, 2.75) is 39.3 Å². The number of carbonyl (C=O) groups excluding carboxylic acids is 2. The van der Waals surface area contributed by atoms with Crippen molar-refractivity contribution >= 4 is 28.4 Å². The van der Waals surface area contributed by atoms with E-state index in [1.54, 1.807) is 10.6 Å². The number of carbonyl (C=O) groups is 2. The van der Waals surface area contributed by atoms with Crippen LogP contribution in [0.3, 0.4) is 0 Å². The van der Waals surface area contributed by atoms with Gasteiger partial charge in [-0.2, -0.15) is 0 Å². The van der Waals surface area contributed by atoms with E-state index in [-0.39, 0.29) is 17.6 Å². The van der Waals surface area contributed by atoms with E-state index in [4.69, 9.17) is 0 Å². The fourth-order valence-corrected chi connectivity index (χ4v) is 2.54. The molecule has 7 heteroatoms. The number of hydrogen-bond donors (Lipinski definition) is 2. The monoisotopic (exact) mass is 328 g/mol. The maximum atomic E-state index is 11.8. The average molecular weight is 328 g/mol. The normalized spacial score (nSPS) is 14.6. The van der Waals surface area contributed by atoms with Gasteiger partial charge in [0.15, 0.2) is 5.69 Å². The van der Waals surface area contributed by atoms with Crippen LogP contribution in [0.25, 0.3) is 10.9 Å². The van der Waals surface area contributed by atoms with Crippen LogP contribution >= 0.6 is 0 Å². The molecule has 3 rings (SSSR count). The number of azo groups is 1. The first kappa shape index (κ1) is 16.2. The van der Waals surface area contributed by atoms with Crippen LogP contribution in [0, 0.1) is 5.92 Å². The second-order valence-corrected chi connectivity index (χ2v) is 6.45. The SMILES string of the molecule is CC(C)Cn1c(O)c(N=NC(=O)C(=O)NC2CC2)c2ccccc21. The molecule has 0 atom stereocenters. The lowest BCUT2D eigenvalue weighted by molar-refractivity contribution is -0.137. The molecule has 0 unspecified atom stereocenters. The zero-order valence-electron chi connectivity index (χ0n) is 13.7. The predicted octanol–water partition coefficient (Wildman–Crippen LogP) is 2.89. The largest absolute Gasteiger partial charge is 0.493 e. The van der Waals surface area contributed by atoms with Gasteiger partial charge in [-0.15, -0.1) is 10.2 Å². The van der Waals surface area contributed by atoms with Gasteiger partial charge in [0.05, 0.1) is 5.52 Å². The molecule has 2 aromatic rings. The van der Waals surface area contributed by atoms with Crippen LogP contribution < -0.4 is 5.32 Å². The van der Waals surface area contributed by atoms with Crippen LogP contribution in [0.1, 0.15) is 26.7 Å². The molecule has 1 aromatic heterocycles. The number of aromatic hydroxyl groups is 1. The van der Waals surface area contributed by atoms with Crippen molar-refractivity contribution in [3.05, 3.63) is 24.3 Å². The fourth-order valence-electron chi connectivity index (χ4n) is 2.54. The minimum absolute atomic E-state index is 0.0518. The third-order valence-corrected chi connectivity index (χ3v) is 3.81. The number of aromatic nitrogens is 1. The smallest absolute Gasteiger partial charge is 0.353 e. The summed E-state index contributed by atoms with van der Waals surface area (Å²) in [5, 5.41) is 21.1. The van der Waals surface area contributed by atoms with Crippen LogP contribution in [-0.4, -0.2) is 27.5 Å². The first-order valence-corrected chi connectivity index (χ1v) is 8.04. The molecule has 1 aromatic carbocycles. The summed E-state index contributed by atoms with van der Waals surface area (Å²) in [5.74, 6) is -1.44. The second kappa shape index (κ2) is 6.43. The highest BCUT2D eigenvalue weighted by atomic mass is 16.3. The number of hydrogen-bond acceptors (Lipinski definition) is 4. The van der Waals surface area contributed by atoms with Crippen LogP contribution in [0.2, 0.25) is 0 Å². The summed E-state index contributed by atoms with van der Waals surface area (Å²) < 4.78 is 1.74. The van der Waals surface area contributed by atoms with E-state index in [1.165, 1.54) is 0 Å². The van der Waals surface area contributed by atoms with Gasteiger partial charge in [0.1, 0.15) is 0 Å². The number of fused-ring (bicyclic) bond motifs is 1. The molecule has 0 saturated heterocycles. The van der Waals surface area contributed by atoms with Gasteiger partial charge in [-0.05, 0) is 24.8 Å². The Morgan fingerprint density at radius 1 is 1.33 bits per heavy atom. The quantitative estimate of drug-likeness (QED) is 0.667. The van der Waals surface area contributed by atoms with E-state index in [2.05, 4.69) is 15.5 Å². The first-order chi connectivity index (χ1) is 11.5. The molecule has 0 radical (unpaired) electrons. The summed E-state index contributed by atoms with van der Waals surface area (Å²) in [5.41, 5.74) is 1.02. The van der Waals surface area contributed by atoms with Gasteiger partial charge in [0.2, 0.25) is 5.88 Å². The summed E-state index contributed by atoms with van der Waals surface area (Å²) in [6, 6.07) is 7.45. The molecular formula is C17H20N4O3. The third-order valence-electron chi connectivity index (χ3n) is 3.81. The highest BCUT2D eigenvalue weighted by Gasteiger charge is 2.26. The third kappa shape index (κ3) is 3.29. The number of para-hydroxylation sites is 1. The zero-order chi connectivity index (χ0) is 17.3. The van der Waals surface area contributed by atoms with Gasteiger partial charge < -0.3 is 15.0 Å². The lowest BCUT2D eigenvalue weighted by atomic mass is 10.2. The number of benzene rings is 1. The average Bonchev–Trinajstić information content (AvgIpc) is 3.32. The zero-order valence-corrected chi connectivity index (χ0v) is 13.7. The van der Waals surface area contributed by atoms with Crippen molar-refractivity contribution in [1.82, 2.24) is 9.88 Å². The van der Waals surface area contributed by atoms with Gasteiger partial charge >= 0.3 is 11.8 Å². The summed E-state index contributed by atoms with van der Waals surface area (Å²) in [7, 11) is 0. The van der Waals surface area contributed by atoms with Crippen molar-refractivity contribution in [2.75, 3.05) is 0 Å². The lowest BCUT2D eigenvalue weighted by Gasteiger charge is -2.09. The molecule has 0 spiro atoms. The summed E-state index contributed by atoms with van der Waals surface area (Å²) in [4.78, 5) is 23.4. The molecule has 24 heavy (non-hydrogen) atoms. The van der Waals surface area contributed by atoms with E-state index < -0.39 is 11.8 Å². The lowest BCUT2D eigenvalue weighted by Crippen LogP contribution is -2.31. The minimum Gasteiger partial charge on any atom is -0.493 e. The minimum atomic E-state index is -0.956. The topological polar surface area (TPSA) is 96.0 Å². The van der Waals surface area contributed by atoms with Crippen molar-refractivity contribution in [1.29, 1.82) is 0 Å². The van der Waals surface area contributed by atoms with Gasteiger partial charge in [-0.1, -0.05) is 32.0 Å². The van der Waals surface area contributed by atoms with E-state index in [9.17, 15) is 14.7 Å². The number of nitrogens with zero attached hydrogens (tertiary/aromatic N) is 3. The van der Waals surface area contributed by atoms with Gasteiger partial charge in [-0.25, -0.2) is 0 Å². The van der Waals surface area contributed by atoms with Crippen LogP contribution in [0.15, 0.2) is 34.5 Å². The Bertz CT molecular complexity index is 819. The second-order valence-electron chi connectivity index (χ2n) is 6.45. The summed E-state index contributed by atoms with van der Waals surface area (Å²) >= 11 is 0. The number of nitrogens with one attached hydrogen (secondary N) is 1. The fraction of sp³-hybridized carbons (Fsp3) is 0.412. The van der Waals surface area contributed by atoms with Crippen molar-refractivity contribution in [3.63, 3.8) is 0 Å². The Morgan fingerprint density at radius 3 is 2.71 bits per heavy atom. The van der Waals surface area contributed by atoms with Crippen molar-refractivity contribution in [2.24, 2.45) is 16.1 Å².